The summed E-state index contributed by atoms with van der Waals surface area (Å²) in [6, 6.07) is 13.8. The minimum Gasteiger partial charge on any atom is -0.497 e. The van der Waals surface area contributed by atoms with Crippen molar-refractivity contribution >= 4 is 29.9 Å². The van der Waals surface area contributed by atoms with E-state index in [4.69, 9.17) is 13.9 Å². The van der Waals surface area contributed by atoms with Crippen LogP contribution in [0.3, 0.4) is 0 Å². The highest BCUT2D eigenvalue weighted by molar-refractivity contribution is 14.0. The number of guanidine groups is 1. The molecule has 0 radical (unpaired) electrons. The number of aliphatic imine (C=N–C) groups is 1. The van der Waals surface area contributed by atoms with Gasteiger partial charge < -0.3 is 24.5 Å². The van der Waals surface area contributed by atoms with Gasteiger partial charge in [0.05, 0.1) is 26.8 Å². The Morgan fingerprint density at radius 1 is 1.12 bits per heavy atom. The second-order valence-corrected chi connectivity index (χ2v) is 7.18. The van der Waals surface area contributed by atoms with Crippen molar-refractivity contribution in [2.24, 2.45) is 4.99 Å². The Balaban J connectivity index is 0.00000363. The van der Waals surface area contributed by atoms with Gasteiger partial charge in [0.15, 0.2) is 5.96 Å². The molecule has 0 spiro atoms. The van der Waals surface area contributed by atoms with Crippen molar-refractivity contribution in [3.8, 4) is 23.0 Å². The second kappa shape index (κ2) is 12.3. The number of hydrogen-bond donors (Lipinski definition) is 2. The van der Waals surface area contributed by atoms with E-state index in [1.165, 1.54) is 5.56 Å². The van der Waals surface area contributed by atoms with Crippen LogP contribution in [0.25, 0.3) is 11.5 Å². The zero-order valence-corrected chi connectivity index (χ0v) is 21.5. The molecule has 1 aromatic heterocycles. The summed E-state index contributed by atoms with van der Waals surface area (Å²) in [6.07, 6.45) is 1.65. The maximum atomic E-state index is 5.64. The molecule has 2 N–H and O–H groups in total. The van der Waals surface area contributed by atoms with Gasteiger partial charge in [-0.3, -0.25) is 0 Å². The lowest BCUT2D eigenvalue weighted by molar-refractivity contribution is 0.394. The first-order chi connectivity index (χ1) is 15.0. The van der Waals surface area contributed by atoms with Gasteiger partial charge in [0.1, 0.15) is 23.5 Å². The SMILES string of the molecule is CCNC(=NCc1coc(-c2ccc(C)cc2)n1)NC(C)c1cc(OC)ccc1OC.I. The first-order valence-electron chi connectivity index (χ1n) is 10.3. The number of benzene rings is 2. The van der Waals surface area contributed by atoms with Crippen LogP contribution in [0.1, 0.15) is 36.7 Å². The molecule has 3 aromatic rings. The van der Waals surface area contributed by atoms with Gasteiger partial charge in [-0.1, -0.05) is 17.7 Å². The fourth-order valence-electron chi connectivity index (χ4n) is 3.15. The molecule has 0 amide bonds. The van der Waals surface area contributed by atoms with Gasteiger partial charge in [-0.2, -0.15) is 0 Å². The number of nitrogens with one attached hydrogen (secondary N) is 2. The van der Waals surface area contributed by atoms with Crippen LogP contribution < -0.4 is 20.1 Å². The molecule has 3 rings (SSSR count). The average molecular weight is 550 g/mol. The van der Waals surface area contributed by atoms with Crippen LogP contribution in [-0.2, 0) is 6.54 Å². The highest BCUT2D eigenvalue weighted by Crippen LogP contribution is 2.29. The number of aromatic nitrogens is 1. The van der Waals surface area contributed by atoms with Crippen LogP contribution in [0.4, 0.5) is 0 Å². The van der Waals surface area contributed by atoms with Crippen LogP contribution in [-0.4, -0.2) is 31.7 Å². The molecular formula is C24H31IN4O3. The number of methoxy groups -OCH3 is 2. The molecule has 0 aliphatic carbocycles. The first-order valence-corrected chi connectivity index (χ1v) is 10.3. The van der Waals surface area contributed by atoms with Gasteiger partial charge in [0.25, 0.3) is 0 Å². The molecule has 1 unspecified atom stereocenters. The summed E-state index contributed by atoms with van der Waals surface area (Å²) in [5.74, 6) is 2.84. The topological polar surface area (TPSA) is 80.9 Å². The van der Waals surface area contributed by atoms with E-state index in [0.29, 0.717) is 18.4 Å². The van der Waals surface area contributed by atoms with Gasteiger partial charge in [0.2, 0.25) is 5.89 Å². The fourth-order valence-corrected chi connectivity index (χ4v) is 3.15. The average Bonchev–Trinajstić information content (AvgIpc) is 3.26. The predicted octanol–water partition coefficient (Wildman–Crippen LogP) is 5.10. The van der Waals surface area contributed by atoms with Crippen LogP contribution in [0, 0.1) is 6.92 Å². The van der Waals surface area contributed by atoms with E-state index in [1.807, 2.05) is 49.4 Å². The van der Waals surface area contributed by atoms with Gasteiger partial charge in [0, 0.05) is 17.7 Å². The van der Waals surface area contributed by atoms with E-state index in [-0.39, 0.29) is 30.0 Å². The lowest BCUT2D eigenvalue weighted by Gasteiger charge is -2.20. The van der Waals surface area contributed by atoms with Crippen molar-refractivity contribution < 1.29 is 13.9 Å². The lowest BCUT2D eigenvalue weighted by atomic mass is 10.1. The summed E-state index contributed by atoms with van der Waals surface area (Å²) in [5.41, 5.74) is 3.89. The molecule has 0 aliphatic heterocycles. The van der Waals surface area contributed by atoms with Crippen LogP contribution in [0.5, 0.6) is 11.5 Å². The highest BCUT2D eigenvalue weighted by atomic mass is 127. The Hall–Kier alpha value is -2.75. The van der Waals surface area contributed by atoms with Crippen LogP contribution >= 0.6 is 24.0 Å². The van der Waals surface area contributed by atoms with Crippen molar-refractivity contribution in [3.05, 3.63) is 65.5 Å². The van der Waals surface area contributed by atoms with Crippen molar-refractivity contribution in [1.29, 1.82) is 0 Å². The molecule has 1 heterocycles. The number of rotatable bonds is 8. The van der Waals surface area contributed by atoms with Crippen molar-refractivity contribution in [1.82, 2.24) is 15.6 Å². The lowest BCUT2D eigenvalue weighted by Crippen LogP contribution is -2.38. The molecule has 172 valence electrons. The summed E-state index contributed by atoms with van der Waals surface area (Å²) < 4.78 is 16.5. The summed E-state index contributed by atoms with van der Waals surface area (Å²) in [5, 5.41) is 6.69. The number of ether oxygens (including phenoxy) is 2. The maximum absolute atomic E-state index is 5.64. The van der Waals surface area contributed by atoms with Gasteiger partial charge in [-0.15, -0.1) is 24.0 Å². The number of aryl methyl sites for hydroxylation is 1. The zero-order valence-electron chi connectivity index (χ0n) is 19.1. The molecule has 32 heavy (non-hydrogen) atoms. The normalized spacial score (nSPS) is 12.0. The molecule has 0 saturated carbocycles. The number of hydrogen-bond acceptors (Lipinski definition) is 5. The van der Waals surface area contributed by atoms with Crippen molar-refractivity contribution in [2.45, 2.75) is 33.4 Å². The number of nitrogens with zero attached hydrogens (tertiary/aromatic N) is 2. The summed E-state index contributed by atoms with van der Waals surface area (Å²) in [4.78, 5) is 9.23. The summed E-state index contributed by atoms with van der Waals surface area (Å²) >= 11 is 0. The smallest absolute Gasteiger partial charge is 0.226 e. The fraction of sp³-hybridized carbons (Fsp3) is 0.333. The van der Waals surface area contributed by atoms with E-state index < -0.39 is 0 Å². The predicted molar refractivity (Wildman–Crippen MR) is 138 cm³/mol. The molecule has 1 atom stereocenters. The molecular weight excluding hydrogens is 519 g/mol. The standard InChI is InChI=1S/C24H30N4O3.HI/c1-6-25-24(27-17(3)21-13-20(29-4)11-12-22(21)30-5)26-14-19-15-31-23(28-19)18-9-7-16(2)8-10-18;/h7-13,15,17H,6,14H2,1-5H3,(H2,25,26,27);1H. The van der Waals surface area contributed by atoms with Crippen LogP contribution in [0.2, 0.25) is 0 Å². The molecule has 0 fully saturated rings. The van der Waals surface area contributed by atoms with Crippen LogP contribution in [0.15, 0.2) is 58.1 Å². The first kappa shape index (κ1) is 25.5. The van der Waals surface area contributed by atoms with Gasteiger partial charge in [-0.05, 0) is 51.1 Å². The van der Waals surface area contributed by atoms with E-state index in [0.717, 1.165) is 34.9 Å². The molecule has 0 saturated heterocycles. The minimum absolute atomic E-state index is 0. The third kappa shape index (κ3) is 6.62. The zero-order chi connectivity index (χ0) is 22.2. The Kier molecular flexibility index (Phi) is 9.83. The van der Waals surface area contributed by atoms with Crippen molar-refractivity contribution in [2.75, 3.05) is 20.8 Å². The molecule has 2 aromatic carbocycles. The molecule has 8 heteroatoms. The maximum Gasteiger partial charge on any atom is 0.226 e. The Labute approximate surface area is 206 Å². The monoisotopic (exact) mass is 550 g/mol. The number of halogens is 1. The number of oxazole rings is 1. The molecule has 0 bridgehead atoms. The van der Waals surface area contributed by atoms with Gasteiger partial charge >= 0.3 is 0 Å². The second-order valence-electron chi connectivity index (χ2n) is 7.18. The minimum atomic E-state index is -0.0525. The third-order valence-electron chi connectivity index (χ3n) is 4.85. The quantitative estimate of drug-likeness (QED) is 0.231. The summed E-state index contributed by atoms with van der Waals surface area (Å²) in [6.45, 7) is 7.26. The van der Waals surface area contributed by atoms with E-state index >= 15 is 0 Å². The molecule has 0 aliphatic rings. The Morgan fingerprint density at radius 2 is 1.88 bits per heavy atom. The molecule has 7 nitrogen and oxygen atoms in total. The van der Waals surface area contributed by atoms with E-state index in [1.54, 1.807) is 20.5 Å². The highest BCUT2D eigenvalue weighted by Gasteiger charge is 2.15. The Morgan fingerprint density at radius 3 is 2.53 bits per heavy atom. The largest absolute Gasteiger partial charge is 0.497 e. The summed E-state index contributed by atoms with van der Waals surface area (Å²) in [7, 11) is 3.31. The van der Waals surface area contributed by atoms with E-state index in [2.05, 4.69) is 34.5 Å². The Bertz CT molecular complexity index is 1020. The van der Waals surface area contributed by atoms with Crippen molar-refractivity contribution in [3.63, 3.8) is 0 Å². The van der Waals surface area contributed by atoms with E-state index in [9.17, 15) is 0 Å². The van der Waals surface area contributed by atoms with Gasteiger partial charge in [-0.25, -0.2) is 9.98 Å². The third-order valence-corrected chi connectivity index (χ3v) is 4.85.